The van der Waals surface area contributed by atoms with Crippen molar-refractivity contribution in [1.29, 1.82) is 0 Å². The second-order valence-corrected chi connectivity index (χ2v) is 5.93. The van der Waals surface area contributed by atoms with Crippen molar-refractivity contribution in [1.82, 2.24) is 10.0 Å². The maximum absolute atomic E-state index is 11.7. The first-order valence-electron chi connectivity index (χ1n) is 5.14. The quantitative estimate of drug-likeness (QED) is 0.771. The van der Waals surface area contributed by atoms with Crippen molar-refractivity contribution in [3.8, 4) is 0 Å². The molecule has 1 rings (SSSR count). The van der Waals surface area contributed by atoms with Gasteiger partial charge in [-0.1, -0.05) is 0 Å². The van der Waals surface area contributed by atoms with Crippen molar-refractivity contribution in [2.75, 3.05) is 13.6 Å². The molecule has 0 aliphatic rings. The molecule has 0 bridgehead atoms. The molecule has 5 nitrogen and oxygen atoms in total. The Bertz CT molecular complexity index is 425. The van der Waals surface area contributed by atoms with Gasteiger partial charge in [0, 0.05) is 6.54 Å². The van der Waals surface area contributed by atoms with Crippen molar-refractivity contribution in [3.05, 3.63) is 23.7 Å². The summed E-state index contributed by atoms with van der Waals surface area (Å²) in [5.41, 5.74) is 0. The van der Waals surface area contributed by atoms with Crippen LogP contribution in [0, 0.1) is 6.92 Å². The van der Waals surface area contributed by atoms with Crippen molar-refractivity contribution in [3.63, 3.8) is 0 Å². The topological polar surface area (TPSA) is 71.3 Å². The van der Waals surface area contributed by atoms with Gasteiger partial charge in [0.2, 0.25) is 10.0 Å². The van der Waals surface area contributed by atoms with E-state index in [0.717, 1.165) is 5.76 Å². The minimum absolute atomic E-state index is 0.199. The predicted octanol–water partition coefficient (Wildman–Crippen LogP) is 0.615. The number of nitrogens with one attached hydrogen (secondary N) is 2. The van der Waals surface area contributed by atoms with E-state index >= 15 is 0 Å². The maximum atomic E-state index is 11.7. The van der Waals surface area contributed by atoms with Gasteiger partial charge in [-0.05, 0) is 33.0 Å². The third-order valence-corrected chi connectivity index (χ3v) is 4.04. The first-order valence-corrected chi connectivity index (χ1v) is 6.68. The second-order valence-electron chi connectivity index (χ2n) is 3.75. The van der Waals surface area contributed by atoms with E-state index in [-0.39, 0.29) is 6.54 Å². The molecule has 0 fully saturated rings. The summed E-state index contributed by atoms with van der Waals surface area (Å²) in [6.07, 6.45) is 0. The normalized spacial score (nSPS) is 13.9. The van der Waals surface area contributed by atoms with Crippen molar-refractivity contribution in [2.24, 2.45) is 0 Å². The van der Waals surface area contributed by atoms with E-state index in [4.69, 9.17) is 4.42 Å². The molecule has 1 atom stereocenters. The molecule has 0 saturated heterocycles. The minimum Gasteiger partial charge on any atom is -0.465 e. The van der Waals surface area contributed by atoms with Gasteiger partial charge in [0.1, 0.15) is 11.5 Å². The van der Waals surface area contributed by atoms with Crippen LogP contribution in [0.2, 0.25) is 0 Å². The van der Waals surface area contributed by atoms with Crippen LogP contribution >= 0.6 is 0 Å². The zero-order valence-corrected chi connectivity index (χ0v) is 10.6. The van der Waals surface area contributed by atoms with Gasteiger partial charge >= 0.3 is 0 Å². The lowest BCUT2D eigenvalue weighted by Crippen LogP contribution is -2.37. The molecule has 1 aromatic heterocycles. The summed E-state index contributed by atoms with van der Waals surface area (Å²) < 4.78 is 31.2. The standard InChI is InChI=1S/C10H18N2O3S/c1-8-4-5-10(15-8)7-12-16(13,14)9(2)6-11-3/h4-5,9,11-12H,6-7H2,1-3H3. The number of furan rings is 1. The Kier molecular flexibility index (Phi) is 4.52. The van der Waals surface area contributed by atoms with Crippen LogP contribution in [0.25, 0.3) is 0 Å². The largest absolute Gasteiger partial charge is 0.465 e. The first-order chi connectivity index (χ1) is 7.45. The van der Waals surface area contributed by atoms with Crippen LogP contribution in [0.5, 0.6) is 0 Å². The Labute approximate surface area is 96.3 Å². The molecule has 1 aromatic rings. The highest BCUT2D eigenvalue weighted by Gasteiger charge is 2.19. The van der Waals surface area contributed by atoms with E-state index in [1.54, 1.807) is 26.1 Å². The van der Waals surface area contributed by atoms with Gasteiger partial charge in [0.05, 0.1) is 11.8 Å². The summed E-state index contributed by atoms with van der Waals surface area (Å²) in [6, 6.07) is 3.57. The third kappa shape index (κ3) is 3.62. The Balaban J connectivity index is 2.54. The van der Waals surface area contributed by atoms with E-state index in [1.165, 1.54) is 0 Å². The van der Waals surface area contributed by atoms with Gasteiger partial charge < -0.3 is 9.73 Å². The molecule has 6 heteroatoms. The van der Waals surface area contributed by atoms with Gasteiger partial charge in [0.25, 0.3) is 0 Å². The van der Waals surface area contributed by atoms with Crippen molar-refractivity contribution >= 4 is 10.0 Å². The number of sulfonamides is 1. The molecule has 2 N–H and O–H groups in total. The molecule has 1 heterocycles. The Hall–Kier alpha value is -0.850. The van der Waals surface area contributed by atoms with Crippen LogP contribution in [0.1, 0.15) is 18.4 Å². The van der Waals surface area contributed by atoms with Crippen LogP contribution in [0.15, 0.2) is 16.5 Å². The molecular weight excluding hydrogens is 228 g/mol. The van der Waals surface area contributed by atoms with Crippen molar-refractivity contribution in [2.45, 2.75) is 25.6 Å². The van der Waals surface area contributed by atoms with Gasteiger partial charge in [0.15, 0.2) is 0 Å². The van der Waals surface area contributed by atoms with Crippen LogP contribution in [-0.4, -0.2) is 27.3 Å². The van der Waals surface area contributed by atoms with Crippen LogP contribution in [0.4, 0.5) is 0 Å². The summed E-state index contributed by atoms with van der Waals surface area (Å²) in [7, 11) is -1.56. The Morgan fingerprint density at radius 3 is 2.62 bits per heavy atom. The lowest BCUT2D eigenvalue weighted by molar-refractivity contribution is 0.474. The zero-order chi connectivity index (χ0) is 12.2. The Morgan fingerprint density at radius 1 is 1.44 bits per heavy atom. The Morgan fingerprint density at radius 2 is 2.12 bits per heavy atom. The number of hydrogen-bond acceptors (Lipinski definition) is 4. The van der Waals surface area contributed by atoms with E-state index in [0.29, 0.717) is 12.3 Å². The molecule has 1 unspecified atom stereocenters. The van der Waals surface area contributed by atoms with Gasteiger partial charge in [-0.2, -0.15) is 0 Å². The van der Waals surface area contributed by atoms with E-state index < -0.39 is 15.3 Å². The molecule has 92 valence electrons. The fourth-order valence-corrected chi connectivity index (χ4v) is 2.31. The highest BCUT2D eigenvalue weighted by Crippen LogP contribution is 2.07. The fraction of sp³-hybridized carbons (Fsp3) is 0.600. The lowest BCUT2D eigenvalue weighted by Gasteiger charge is -2.12. The third-order valence-electron chi connectivity index (χ3n) is 2.26. The highest BCUT2D eigenvalue weighted by atomic mass is 32.2. The smallest absolute Gasteiger partial charge is 0.215 e. The second kappa shape index (κ2) is 5.47. The maximum Gasteiger partial charge on any atom is 0.215 e. The van der Waals surface area contributed by atoms with E-state index in [2.05, 4.69) is 10.0 Å². The van der Waals surface area contributed by atoms with Gasteiger partial charge in [-0.3, -0.25) is 0 Å². The van der Waals surface area contributed by atoms with Crippen LogP contribution < -0.4 is 10.0 Å². The molecule has 0 aromatic carbocycles. The first kappa shape index (κ1) is 13.2. The minimum atomic E-state index is -3.28. The molecule has 0 spiro atoms. The van der Waals surface area contributed by atoms with E-state index in [1.807, 2.05) is 6.92 Å². The number of hydrogen-bond donors (Lipinski definition) is 2. The predicted molar refractivity (Wildman–Crippen MR) is 62.6 cm³/mol. The summed E-state index contributed by atoms with van der Waals surface area (Å²) in [5, 5.41) is 2.37. The molecular formula is C10H18N2O3S. The molecule has 0 radical (unpaired) electrons. The summed E-state index contributed by atoms with van der Waals surface area (Å²) in [5.74, 6) is 1.40. The number of aryl methyl sites for hydroxylation is 1. The fourth-order valence-electron chi connectivity index (χ4n) is 1.29. The van der Waals surface area contributed by atoms with E-state index in [9.17, 15) is 8.42 Å². The molecule has 0 amide bonds. The summed E-state index contributed by atoms with van der Waals surface area (Å²) in [6.45, 7) is 4.10. The molecule has 0 saturated carbocycles. The van der Waals surface area contributed by atoms with Crippen LogP contribution in [-0.2, 0) is 16.6 Å². The SMILES string of the molecule is CNCC(C)S(=O)(=O)NCc1ccc(C)o1. The highest BCUT2D eigenvalue weighted by molar-refractivity contribution is 7.90. The van der Waals surface area contributed by atoms with Crippen molar-refractivity contribution < 1.29 is 12.8 Å². The average molecular weight is 246 g/mol. The average Bonchev–Trinajstić information content (AvgIpc) is 2.62. The monoisotopic (exact) mass is 246 g/mol. The molecule has 0 aliphatic carbocycles. The number of rotatable bonds is 6. The van der Waals surface area contributed by atoms with Gasteiger partial charge in [-0.25, -0.2) is 13.1 Å². The summed E-state index contributed by atoms with van der Waals surface area (Å²) in [4.78, 5) is 0. The lowest BCUT2D eigenvalue weighted by atomic mass is 10.4. The zero-order valence-electron chi connectivity index (χ0n) is 9.78. The van der Waals surface area contributed by atoms with Gasteiger partial charge in [-0.15, -0.1) is 0 Å². The summed E-state index contributed by atoms with van der Waals surface area (Å²) >= 11 is 0. The molecule has 16 heavy (non-hydrogen) atoms. The van der Waals surface area contributed by atoms with Crippen LogP contribution in [0.3, 0.4) is 0 Å². The molecule has 0 aliphatic heterocycles.